The number of fused-ring (bicyclic) bond motifs is 1. The fraction of sp³-hybridized carbons (Fsp3) is 0.400. The highest BCUT2D eigenvalue weighted by Crippen LogP contribution is 2.35. The minimum Gasteiger partial charge on any atom is -0.305 e. The Hall–Kier alpha value is -0.780. The number of benzene rings is 1. The Morgan fingerprint density at radius 2 is 2.30 bits per heavy atom. The Kier molecular flexibility index (Phi) is 4.19. The molecule has 1 atom stereocenters. The summed E-state index contributed by atoms with van der Waals surface area (Å²) in [5.41, 5.74) is 2.15. The highest BCUT2D eigenvalue weighted by molar-refractivity contribution is 9.10. The summed E-state index contributed by atoms with van der Waals surface area (Å²) in [5, 5.41) is 4.47. The number of thiazole rings is 1. The molecule has 0 amide bonds. The summed E-state index contributed by atoms with van der Waals surface area (Å²) < 4.78 is 14.5. The number of nitrogens with zero attached hydrogens (tertiary/aromatic N) is 1. The molecule has 0 bridgehead atoms. The molecule has 1 N–H and O–H groups in total. The van der Waals surface area contributed by atoms with Gasteiger partial charge in [-0.15, -0.1) is 11.3 Å². The topological polar surface area (TPSA) is 24.9 Å². The van der Waals surface area contributed by atoms with Crippen LogP contribution in [0, 0.1) is 5.82 Å². The SMILES string of the molecule is CCNC(c1nc2c(s1)CCC2)c1cc(F)ccc1Br. The average Bonchev–Trinajstić information content (AvgIpc) is 3.00. The molecule has 1 heterocycles. The van der Waals surface area contributed by atoms with Gasteiger partial charge in [-0.2, -0.15) is 0 Å². The Labute approximate surface area is 130 Å². The summed E-state index contributed by atoms with van der Waals surface area (Å²) in [4.78, 5) is 6.17. The first-order valence-electron chi connectivity index (χ1n) is 6.86. The van der Waals surface area contributed by atoms with Gasteiger partial charge >= 0.3 is 0 Å². The maximum atomic E-state index is 13.6. The minimum atomic E-state index is -0.213. The second kappa shape index (κ2) is 5.92. The number of halogens is 2. The molecule has 1 unspecified atom stereocenters. The first-order valence-corrected chi connectivity index (χ1v) is 8.46. The van der Waals surface area contributed by atoms with E-state index in [2.05, 4.69) is 28.2 Å². The molecule has 1 aliphatic carbocycles. The van der Waals surface area contributed by atoms with E-state index < -0.39 is 0 Å². The third-order valence-electron chi connectivity index (χ3n) is 3.54. The van der Waals surface area contributed by atoms with Crippen LogP contribution in [-0.2, 0) is 12.8 Å². The van der Waals surface area contributed by atoms with Crippen molar-refractivity contribution in [3.63, 3.8) is 0 Å². The van der Waals surface area contributed by atoms with Crippen molar-refractivity contribution in [2.75, 3.05) is 6.54 Å². The van der Waals surface area contributed by atoms with Gasteiger partial charge in [-0.05, 0) is 49.6 Å². The van der Waals surface area contributed by atoms with E-state index in [1.807, 2.05) is 0 Å². The zero-order valence-corrected chi connectivity index (χ0v) is 13.7. The van der Waals surface area contributed by atoms with Crippen molar-refractivity contribution in [1.29, 1.82) is 0 Å². The molecule has 106 valence electrons. The molecule has 0 radical (unpaired) electrons. The average molecular weight is 355 g/mol. The number of aromatic nitrogens is 1. The van der Waals surface area contributed by atoms with E-state index in [1.54, 1.807) is 23.5 Å². The van der Waals surface area contributed by atoms with Crippen molar-refractivity contribution in [2.24, 2.45) is 0 Å². The molecule has 3 rings (SSSR count). The van der Waals surface area contributed by atoms with Gasteiger partial charge in [0.05, 0.1) is 11.7 Å². The quantitative estimate of drug-likeness (QED) is 0.888. The molecular formula is C15H16BrFN2S. The minimum absolute atomic E-state index is 0.0410. The standard InChI is InChI=1S/C15H16BrFN2S/c1-2-18-14(10-8-9(17)6-7-11(10)16)15-19-12-4-3-5-13(12)20-15/h6-8,14,18H,2-5H2,1H3. The predicted octanol–water partition coefficient (Wildman–Crippen LogP) is 4.23. The van der Waals surface area contributed by atoms with Gasteiger partial charge in [0.25, 0.3) is 0 Å². The van der Waals surface area contributed by atoms with Crippen LogP contribution < -0.4 is 5.32 Å². The van der Waals surface area contributed by atoms with Crippen molar-refractivity contribution in [3.05, 3.63) is 49.6 Å². The van der Waals surface area contributed by atoms with E-state index in [0.717, 1.165) is 34.4 Å². The molecule has 20 heavy (non-hydrogen) atoms. The van der Waals surface area contributed by atoms with E-state index in [0.29, 0.717) is 0 Å². The van der Waals surface area contributed by atoms with E-state index in [4.69, 9.17) is 4.98 Å². The number of aryl methyl sites for hydroxylation is 2. The molecule has 1 aromatic carbocycles. The van der Waals surface area contributed by atoms with E-state index >= 15 is 0 Å². The smallest absolute Gasteiger partial charge is 0.123 e. The number of hydrogen-bond donors (Lipinski definition) is 1. The Morgan fingerprint density at radius 3 is 3.05 bits per heavy atom. The third kappa shape index (κ3) is 2.67. The molecule has 2 nitrogen and oxygen atoms in total. The van der Waals surface area contributed by atoms with Crippen LogP contribution in [0.15, 0.2) is 22.7 Å². The predicted molar refractivity (Wildman–Crippen MR) is 83.8 cm³/mol. The van der Waals surface area contributed by atoms with Crippen LogP contribution in [0.5, 0.6) is 0 Å². The van der Waals surface area contributed by atoms with Gasteiger partial charge in [-0.3, -0.25) is 0 Å². The number of rotatable bonds is 4. The normalized spacial score (nSPS) is 15.3. The Bertz CT molecular complexity index is 605. The molecule has 0 aliphatic heterocycles. The van der Waals surface area contributed by atoms with Crippen molar-refractivity contribution in [2.45, 2.75) is 32.2 Å². The van der Waals surface area contributed by atoms with Gasteiger partial charge in [-0.25, -0.2) is 9.37 Å². The van der Waals surface area contributed by atoms with E-state index in [1.165, 1.54) is 23.1 Å². The highest BCUT2D eigenvalue weighted by atomic mass is 79.9. The van der Waals surface area contributed by atoms with Crippen molar-refractivity contribution < 1.29 is 4.39 Å². The van der Waals surface area contributed by atoms with Gasteiger partial charge in [0.2, 0.25) is 0 Å². The zero-order valence-electron chi connectivity index (χ0n) is 11.2. The molecule has 0 saturated carbocycles. The number of hydrogen-bond acceptors (Lipinski definition) is 3. The lowest BCUT2D eigenvalue weighted by Crippen LogP contribution is -2.22. The summed E-state index contributed by atoms with van der Waals surface area (Å²) in [6.07, 6.45) is 3.43. The second-order valence-electron chi connectivity index (χ2n) is 4.93. The molecule has 1 aromatic heterocycles. The fourth-order valence-corrected chi connectivity index (χ4v) is 4.33. The van der Waals surface area contributed by atoms with Crippen molar-refractivity contribution >= 4 is 27.3 Å². The molecule has 0 fully saturated rings. The highest BCUT2D eigenvalue weighted by Gasteiger charge is 2.24. The monoisotopic (exact) mass is 354 g/mol. The molecule has 5 heteroatoms. The van der Waals surface area contributed by atoms with Crippen LogP contribution in [0.3, 0.4) is 0 Å². The lowest BCUT2D eigenvalue weighted by atomic mass is 10.1. The van der Waals surface area contributed by atoms with Crippen molar-refractivity contribution in [3.8, 4) is 0 Å². The van der Waals surface area contributed by atoms with Crippen LogP contribution in [0.2, 0.25) is 0 Å². The van der Waals surface area contributed by atoms with Crippen LogP contribution >= 0.6 is 27.3 Å². The molecule has 0 spiro atoms. The summed E-state index contributed by atoms with van der Waals surface area (Å²) in [5.74, 6) is -0.213. The van der Waals surface area contributed by atoms with E-state index in [9.17, 15) is 4.39 Å². The third-order valence-corrected chi connectivity index (χ3v) is 5.48. The van der Waals surface area contributed by atoms with Crippen molar-refractivity contribution in [1.82, 2.24) is 10.3 Å². The zero-order chi connectivity index (χ0) is 14.1. The summed E-state index contributed by atoms with van der Waals surface area (Å²) in [6.45, 7) is 2.87. The second-order valence-corrected chi connectivity index (χ2v) is 6.90. The maximum Gasteiger partial charge on any atom is 0.123 e. The maximum absolute atomic E-state index is 13.6. The Balaban J connectivity index is 2.01. The molecular weight excluding hydrogens is 339 g/mol. The number of nitrogens with one attached hydrogen (secondary N) is 1. The lowest BCUT2D eigenvalue weighted by Gasteiger charge is -2.17. The van der Waals surface area contributed by atoms with Crippen LogP contribution in [0.25, 0.3) is 0 Å². The van der Waals surface area contributed by atoms with Gasteiger partial charge in [0, 0.05) is 9.35 Å². The van der Waals surface area contributed by atoms with Gasteiger partial charge < -0.3 is 5.32 Å². The van der Waals surface area contributed by atoms with Gasteiger partial charge in [-0.1, -0.05) is 22.9 Å². The molecule has 1 aliphatic rings. The van der Waals surface area contributed by atoms with Crippen LogP contribution in [-0.4, -0.2) is 11.5 Å². The van der Waals surface area contributed by atoms with Crippen LogP contribution in [0.1, 0.15) is 40.5 Å². The Morgan fingerprint density at radius 1 is 1.45 bits per heavy atom. The summed E-state index contributed by atoms with van der Waals surface area (Å²) in [6, 6.07) is 4.78. The first-order chi connectivity index (χ1) is 9.69. The first kappa shape index (κ1) is 14.2. The van der Waals surface area contributed by atoms with Gasteiger partial charge in [0.15, 0.2) is 0 Å². The molecule has 2 aromatic rings. The largest absolute Gasteiger partial charge is 0.305 e. The van der Waals surface area contributed by atoms with Gasteiger partial charge in [0.1, 0.15) is 10.8 Å². The molecule has 0 saturated heterocycles. The fourth-order valence-electron chi connectivity index (χ4n) is 2.60. The lowest BCUT2D eigenvalue weighted by molar-refractivity contribution is 0.599. The van der Waals surface area contributed by atoms with Crippen LogP contribution in [0.4, 0.5) is 4.39 Å². The van der Waals surface area contributed by atoms with E-state index in [-0.39, 0.29) is 11.9 Å². The summed E-state index contributed by atoms with van der Waals surface area (Å²) in [7, 11) is 0. The summed E-state index contributed by atoms with van der Waals surface area (Å²) >= 11 is 5.29.